The molecule has 14 heavy (non-hydrogen) atoms. The van der Waals surface area contributed by atoms with E-state index in [1.54, 1.807) is 0 Å². The van der Waals surface area contributed by atoms with Crippen LogP contribution >= 0.6 is 0 Å². The third-order valence-corrected chi connectivity index (χ3v) is 1.69. The van der Waals surface area contributed by atoms with Crippen molar-refractivity contribution in [2.75, 3.05) is 0 Å². The van der Waals surface area contributed by atoms with E-state index in [2.05, 4.69) is 0 Å². The van der Waals surface area contributed by atoms with E-state index in [4.69, 9.17) is 0 Å². The van der Waals surface area contributed by atoms with Crippen molar-refractivity contribution in [1.29, 1.82) is 0 Å². The predicted octanol–water partition coefficient (Wildman–Crippen LogP) is -0.809. The highest BCUT2D eigenvalue weighted by Crippen LogP contribution is 1.83. The van der Waals surface area contributed by atoms with Gasteiger partial charge in [-0.2, -0.15) is 0 Å². The summed E-state index contributed by atoms with van der Waals surface area (Å²) in [6.07, 6.45) is 4.23. The maximum Gasteiger partial charge on any atom is 0.333 e. The third-order valence-electron chi connectivity index (χ3n) is 1.69. The minimum Gasteiger partial charge on any atom is -0.259 e. The fourth-order valence-corrected chi connectivity index (χ4v) is 1.03. The highest BCUT2D eigenvalue weighted by molar-refractivity contribution is 4.78. The Hall–Kier alpha value is -1.85. The van der Waals surface area contributed by atoms with Gasteiger partial charge < -0.3 is 0 Å². The summed E-state index contributed by atoms with van der Waals surface area (Å²) < 4.78 is 0.946. The lowest BCUT2D eigenvalue weighted by Crippen LogP contribution is -2.43. The molecule has 1 rings (SSSR count). The lowest BCUT2D eigenvalue weighted by atomic mass is 10.4. The van der Waals surface area contributed by atoms with Crippen LogP contribution in [0.25, 0.3) is 0 Å². The smallest absolute Gasteiger partial charge is 0.259 e. The van der Waals surface area contributed by atoms with Crippen LogP contribution in [0.5, 0.6) is 0 Å². The van der Waals surface area contributed by atoms with E-state index in [-0.39, 0.29) is 6.54 Å². The SMILES string of the molecule is CC=CCCn1c(=O)[nH]c(=O)[nH]c1=O. The molecule has 0 bridgehead atoms. The second-order valence-electron chi connectivity index (χ2n) is 2.70. The number of hydrogen-bond acceptors (Lipinski definition) is 3. The molecule has 0 aliphatic carbocycles. The van der Waals surface area contributed by atoms with Crippen LogP contribution in [0.4, 0.5) is 0 Å². The normalized spacial score (nSPS) is 10.9. The maximum absolute atomic E-state index is 11.1. The molecule has 0 aliphatic heterocycles. The molecule has 0 saturated heterocycles. The molecule has 0 amide bonds. The number of nitrogens with zero attached hydrogens (tertiary/aromatic N) is 1. The Morgan fingerprint density at radius 2 is 1.79 bits per heavy atom. The van der Waals surface area contributed by atoms with Crippen LogP contribution < -0.4 is 17.1 Å². The molecule has 6 nitrogen and oxygen atoms in total. The van der Waals surface area contributed by atoms with Gasteiger partial charge in [0.05, 0.1) is 0 Å². The predicted molar refractivity (Wildman–Crippen MR) is 51.4 cm³/mol. The molecule has 1 aromatic rings. The fourth-order valence-electron chi connectivity index (χ4n) is 1.03. The Balaban J connectivity index is 3.04. The van der Waals surface area contributed by atoms with Gasteiger partial charge in [0.25, 0.3) is 0 Å². The third kappa shape index (κ3) is 2.32. The van der Waals surface area contributed by atoms with Crippen molar-refractivity contribution in [3.63, 3.8) is 0 Å². The number of H-pyrrole nitrogens is 2. The fraction of sp³-hybridized carbons (Fsp3) is 0.375. The molecule has 2 N–H and O–H groups in total. The molecular weight excluding hydrogens is 186 g/mol. The monoisotopic (exact) mass is 197 g/mol. The zero-order valence-corrected chi connectivity index (χ0v) is 7.74. The first kappa shape index (κ1) is 10.2. The minimum atomic E-state index is -0.776. The summed E-state index contributed by atoms with van der Waals surface area (Å²) in [5, 5.41) is 0. The molecule has 0 aliphatic rings. The summed E-state index contributed by atoms with van der Waals surface area (Å²) in [6, 6.07) is 0. The Kier molecular flexibility index (Phi) is 3.22. The lowest BCUT2D eigenvalue weighted by molar-refractivity contribution is 0.603. The minimum absolute atomic E-state index is 0.259. The van der Waals surface area contributed by atoms with Gasteiger partial charge >= 0.3 is 17.1 Å². The van der Waals surface area contributed by atoms with Crippen LogP contribution in [-0.4, -0.2) is 14.5 Å². The molecule has 1 aromatic heterocycles. The Bertz CT molecular complexity index is 457. The van der Waals surface area contributed by atoms with E-state index in [0.717, 1.165) is 4.57 Å². The molecule has 0 radical (unpaired) electrons. The summed E-state index contributed by atoms with van der Waals surface area (Å²) in [4.78, 5) is 36.8. The van der Waals surface area contributed by atoms with Gasteiger partial charge in [-0.05, 0) is 13.3 Å². The molecular formula is C8H11N3O3. The van der Waals surface area contributed by atoms with E-state index >= 15 is 0 Å². The van der Waals surface area contributed by atoms with Crippen molar-refractivity contribution < 1.29 is 0 Å². The summed E-state index contributed by atoms with van der Waals surface area (Å²) in [6.45, 7) is 2.11. The van der Waals surface area contributed by atoms with Crippen molar-refractivity contribution in [3.05, 3.63) is 43.6 Å². The summed E-state index contributed by atoms with van der Waals surface area (Å²) >= 11 is 0. The second kappa shape index (κ2) is 4.40. The Labute approximate surface area is 78.9 Å². The Morgan fingerprint density at radius 3 is 2.29 bits per heavy atom. The number of hydrogen-bond donors (Lipinski definition) is 2. The van der Waals surface area contributed by atoms with Crippen molar-refractivity contribution >= 4 is 0 Å². The van der Waals surface area contributed by atoms with Gasteiger partial charge in [0.1, 0.15) is 0 Å². The number of nitrogens with one attached hydrogen (secondary N) is 2. The number of aromatic nitrogens is 3. The van der Waals surface area contributed by atoms with Crippen molar-refractivity contribution in [1.82, 2.24) is 14.5 Å². The van der Waals surface area contributed by atoms with Crippen LogP contribution in [0.15, 0.2) is 26.5 Å². The van der Waals surface area contributed by atoms with E-state index in [9.17, 15) is 14.4 Å². The average Bonchev–Trinajstić information content (AvgIpc) is 2.09. The van der Waals surface area contributed by atoms with Crippen LogP contribution in [0.3, 0.4) is 0 Å². The zero-order chi connectivity index (χ0) is 10.6. The average molecular weight is 197 g/mol. The topological polar surface area (TPSA) is 87.7 Å². The largest absolute Gasteiger partial charge is 0.333 e. The first-order valence-electron chi connectivity index (χ1n) is 4.19. The van der Waals surface area contributed by atoms with Gasteiger partial charge in [0.2, 0.25) is 0 Å². The first-order chi connectivity index (χ1) is 6.65. The van der Waals surface area contributed by atoms with Crippen molar-refractivity contribution in [2.24, 2.45) is 0 Å². The number of rotatable bonds is 3. The maximum atomic E-state index is 11.1. The molecule has 0 unspecified atom stereocenters. The van der Waals surface area contributed by atoms with Crippen LogP contribution in [0.2, 0.25) is 0 Å². The molecule has 0 atom stereocenters. The van der Waals surface area contributed by atoms with Gasteiger partial charge in [-0.25, -0.2) is 19.0 Å². The van der Waals surface area contributed by atoms with E-state index in [1.807, 2.05) is 29.0 Å². The zero-order valence-electron chi connectivity index (χ0n) is 7.74. The van der Waals surface area contributed by atoms with Gasteiger partial charge in [-0.15, -0.1) is 0 Å². The molecule has 1 heterocycles. The number of aromatic amines is 2. The quantitative estimate of drug-likeness (QED) is 0.621. The second-order valence-corrected chi connectivity index (χ2v) is 2.70. The van der Waals surface area contributed by atoms with Crippen LogP contribution in [-0.2, 0) is 6.54 Å². The van der Waals surface area contributed by atoms with Gasteiger partial charge in [0.15, 0.2) is 0 Å². The molecule has 76 valence electrons. The summed E-state index contributed by atoms with van der Waals surface area (Å²) in [7, 11) is 0. The lowest BCUT2D eigenvalue weighted by Gasteiger charge is -1.98. The highest BCUT2D eigenvalue weighted by atomic mass is 16.2. The summed E-state index contributed by atoms with van der Waals surface area (Å²) in [5.74, 6) is 0. The molecule has 0 aromatic carbocycles. The molecule has 0 saturated carbocycles. The van der Waals surface area contributed by atoms with Crippen LogP contribution in [0, 0.1) is 0 Å². The van der Waals surface area contributed by atoms with Crippen molar-refractivity contribution in [2.45, 2.75) is 19.9 Å². The van der Waals surface area contributed by atoms with E-state index in [1.165, 1.54) is 0 Å². The van der Waals surface area contributed by atoms with Gasteiger partial charge in [0, 0.05) is 6.54 Å². The van der Waals surface area contributed by atoms with Crippen molar-refractivity contribution in [3.8, 4) is 0 Å². The number of allylic oxidation sites excluding steroid dienone is 2. The van der Waals surface area contributed by atoms with Crippen LogP contribution in [0.1, 0.15) is 13.3 Å². The van der Waals surface area contributed by atoms with Gasteiger partial charge in [-0.1, -0.05) is 12.2 Å². The molecule has 0 fully saturated rings. The standard InChI is InChI=1S/C8H11N3O3/c1-2-3-4-5-11-7(13)9-6(12)10-8(11)14/h2-3H,4-5H2,1H3,(H2,9,10,12,13,14). The Morgan fingerprint density at radius 1 is 1.21 bits per heavy atom. The first-order valence-corrected chi connectivity index (χ1v) is 4.19. The van der Waals surface area contributed by atoms with Gasteiger partial charge in [-0.3, -0.25) is 9.97 Å². The molecule has 6 heteroatoms. The van der Waals surface area contributed by atoms with E-state index < -0.39 is 17.1 Å². The highest BCUT2D eigenvalue weighted by Gasteiger charge is 2.00. The van der Waals surface area contributed by atoms with E-state index in [0.29, 0.717) is 6.42 Å². The summed E-state index contributed by atoms with van der Waals surface area (Å²) in [5.41, 5.74) is -2.13. The molecule has 0 spiro atoms.